The van der Waals surface area contributed by atoms with Crippen LogP contribution in [-0.2, 0) is 17.9 Å². The van der Waals surface area contributed by atoms with Crippen LogP contribution in [0.4, 0.5) is 9.18 Å². The number of carbonyl (C=O) groups excluding carboxylic acids is 2. The van der Waals surface area contributed by atoms with Gasteiger partial charge in [0.2, 0.25) is 0 Å². The first kappa shape index (κ1) is 22.4. The van der Waals surface area contributed by atoms with Crippen molar-refractivity contribution in [3.05, 3.63) is 100.0 Å². The first-order valence-electron chi connectivity index (χ1n) is 10.1. The van der Waals surface area contributed by atoms with Crippen molar-refractivity contribution in [3.8, 4) is 11.5 Å². The van der Waals surface area contributed by atoms with Gasteiger partial charge in [-0.25, -0.2) is 9.18 Å². The van der Waals surface area contributed by atoms with Gasteiger partial charge in [-0.3, -0.25) is 9.69 Å². The number of hydrogen-bond donors (Lipinski definition) is 1. The minimum absolute atomic E-state index is 0.0485. The molecule has 0 atom stereocenters. The Morgan fingerprint density at radius 1 is 1.06 bits per heavy atom. The zero-order valence-corrected chi connectivity index (χ0v) is 18.4. The average molecular weight is 467 g/mol. The maximum atomic E-state index is 14.0. The number of methoxy groups -OCH3 is 1. The Morgan fingerprint density at radius 3 is 2.52 bits per heavy atom. The molecule has 1 fully saturated rings. The number of nitrogens with one attached hydrogen (secondary N) is 1. The molecule has 6 nitrogen and oxygen atoms in total. The van der Waals surface area contributed by atoms with E-state index in [1.165, 1.54) is 25.3 Å². The van der Waals surface area contributed by atoms with Gasteiger partial charge in [0.25, 0.3) is 5.91 Å². The molecule has 8 heteroatoms. The van der Waals surface area contributed by atoms with Gasteiger partial charge in [-0.2, -0.15) is 0 Å². The quantitative estimate of drug-likeness (QED) is 0.386. The first-order valence-corrected chi connectivity index (χ1v) is 10.5. The SMILES string of the molecule is COc1cc(/C=C2/NC(=O)N(Cc3ccccc3F)C2=O)cc(Cl)c1OCc1ccccc1. The summed E-state index contributed by atoms with van der Waals surface area (Å²) in [6.07, 6.45) is 1.48. The molecule has 1 saturated heterocycles. The molecule has 1 aliphatic heterocycles. The Bertz CT molecular complexity index is 1230. The Balaban J connectivity index is 1.54. The summed E-state index contributed by atoms with van der Waals surface area (Å²) in [7, 11) is 1.48. The number of hydrogen-bond acceptors (Lipinski definition) is 4. The minimum atomic E-state index is -0.629. The average Bonchev–Trinajstić information content (AvgIpc) is 3.07. The predicted octanol–water partition coefficient (Wildman–Crippen LogP) is 5.16. The first-order chi connectivity index (χ1) is 16.0. The highest BCUT2D eigenvalue weighted by Crippen LogP contribution is 2.37. The molecule has 0 aliphatic carbocycles. The minimum Gasteiger partial charge on any atom is -0.493 e. The summed E-state index contributed by atoms with van der Waals surface area (Å²) in [6, 6.07) is 18.2. The Morgan fingerprint density at radius 2 is 1.79 bits per heavy atom. The molecule has 0 spiro atoms. The van der Waals surface area contributed by atoms with Gasteiger partial charge >= 0.3 is 6.03 Å². The number of nitrogens with zero attached hydrogens (tertiary/aromatic N) is 1. The molecule has 33 heavy (non-hydrogen) atoms. The summed E-state index contributed by atoms with van der Waals surface area (Å²) in [4.78, 5) is 26.0. The smallest absolute Gasteiger partial charge is 0.329 e. The lowest BCUT2D eigenvalue weighted by Crippen LogP contribution is -2.30. The van der Waals surface area contributed by atoms with Crippen LogP contribution in [0, 0.1) is 5.82 Å². The molecule has 0 radical (unpaired) electrons. The number of carbonyl (C=O) groups is 2. The highest BCUT2D eigenvalue weighted by atomic mass is 35.5. The number of amides is 3. The van der Waals surface area contributed by atoms with Gasteiger partial charge < -0.3 is 14.8 Å². The van der Waals surface area contributed by atoms with Gasteiger partial charge in [-0.1, -0.05) is 60.1 Å². The van der Waals surface area contributed by atoms with Gasteiger partial charge in [0.1, 0.15) is 18.1 Å². The summed E-state index contributed by atoms with van der Waals surface area (Å²) in [6.45, 7) is 0.127. The van der Waals surface area contributed by atoms with E-state index in [0.717, 1.165) is 10.5 Å². The zero-order valence-electron chi connectivity index (χ0n) is 17.7. The van der Waals surface area contributed by atoms with Gasteiger partial charge in [-0.15, -0.1) is 0 Å². The molecule has 0 bridgehead atoms. The Hall–Kier alpha value is -3.84. The summed E-state index contributed by atoms with van der Waals surface area (Å²) >= 11 is 6.42. The number of benzene rings is 3. The van der Waals surface area contributed by atoms with Crippen LogP contribution in [0.25, 0.3) is 6.08 Å². The second kappa shape index (κ2) is 9.75. The second-order valence-corrected chi connectivity index (χ2v) is 7.69. The molecule has 0 aromatic heterocycles. The van der Waals surface area contributed by atoms with Crippen molar-refractivity contribution in [2.75, 3.05) is 7.11 Å². The maximum absolute atomic E-state index is 14.0. The van der Waals surface area contributed by atoms with Crippen LogP contribution in [0.3, 0.4) is 0 Å². The van der Waals surface area contributed by atoms with E-state index in [2.05, 4.69) is 5.32 Å². The molecular weight excluding hydrogens is 447 g/mol. The topological polar surface area (TPSA) is 67.9 Å². The van der Waals surface area contributed by atoms with Crippen LogP contribution in [0.5, 0.6) is 11.5 Å². The van der Waals surface area contributed by atoms with Crippen LogP contribution in [0.2, 0.25) is 5.02 Å². The molecule has 168 valence electrons. The fourth-order valence-corrected chi connectivity index (χ4v) is 3.65. The summed E-state index contributed by atoms with van der Waals surface area (Å²) in [5.74, 6) is -0.306. The van der Waals surface area contributed by atoms with Crippen molar-refractivity contribution in [3.63, 3.8) is 0 Å². The third kappa shape index (κ3) is 4.99. The highest BCUT2D eigenvalue weighted by molar-refractivity contribution is 6.32. The molecule has 1 aliphatic rings. The number of halogens is 2. The van der Waals surface area contributed by atoms with Crippen molar-refractivity contribution < 1.29 is 23.5 Å². The highest BCUT2D eigenvalue weighted by Gasteiger charge is 2.34. The largest absolute Gasteiger partial charge is 0.493 e. The third-order valence-electron chi connectivity index (χ3n) is 5.04. The molecule has 1 heterocycles. The van der Waals surface area contributed by atoms with E-state index in [4.69, 9.17) is 21.1 Å². The van der Waals surface area contributed by atoms with E-state index in [-0.39, 0.29) is 22.8 Å². The van der Waals surface area contributed by atoms with Crippen LogP contribution >= 0.6 is 11.6 Å². The summed E-state index contributed by atoms with van der Waals surface area (Å²) in [5, 5.41) is 2.81. The lowest BCUT2D eigenvalue weighted by molar-refractivity contribution is -0.123. The lowest BCUT2D eigenvalue weighted by atomic mass is 10.1. The molecule has 0 unspecified atom stereocenters. The molecule has 1 N–H and O–H groups in total. The molecule has 3 aromatic rings. The molecular formula is C25H20ClFN2O4. The van der Waals surface area contributed by atoms with E-state index in [1.807, 2.05) is 30.3 Å². The lowest BCUT2D eigenvalue weighted by Gasteiger charge is -2.14. The van der Waals surface area contributed by atoms with E-state index in [1.54, 1.807) is 24.3 Å². The van der Waals surface area contributed by atoms with Crippen molar-refractivity contribution in [1.29, 1.82) is 0 Å². The number of urea groups is 1. The second-order valence-electron chi connectivity index (χ2n) is 7.28. The van der Waals surface area contributed by atoms with E-state index in [9.17, 15) is 14.0 Å². The van der Waals surface area contributed by atoms with Gasteiger partial charge in [0, 0.05) is 5.56 Å². The zero-order chi connectivity index (χ0) is 23.4. The van der Waals surface area contributed by atoms with Crippen LogP contribution in [0.1, 0.15) is 16.7 Å². The molecule has 4 rings (SSSR count). The summed E-state index contributed by atoms with van der Waals surface area (Å²) < 4.78 is 25.2. The van der Waals surface area contributed by atoms with Gasteiger partial charge in [-0.05, 0) is 35.4 Å². The standard InChI is InChI=1S/C25H20ClFN2O4/c1-32-22-13-17(11-19(26)23(22)33-15-16-7-3-2-4-8-16)12-21-24(30)29(25(31)28-21)14-18-9-5-6-10-20(18)27/h2-13H,14-15H2,1H3,(H,28,31)/b21-12+. The molecule has 3 amide bonds. The molecule has 3 aromatic carbocycles. The normalized spacial score (nSPS) is 14.5. The van der Waals surface area contributed by atoms with Crippen molar-refractivity contribution >= 4 is 29.6 Å². The van der Waals surface area contributed by atoms with Crippen LogP contribution < -0.4 is 14.8 Å². The summed E-state index contributed by atoms with van der Waals surface area (Å²) in [5.41, 5.74) is 1.79. The number of ether oxygens (including phenoxy) is 2. The number of imide groups is 1. The Kier molecular flexibility index (Phi) is 6.60. The fourth-order valence-electron chi connectivity index (χ4n) is 3.37. The van der Waals surface area contributed by atoms with Crippen LogP contribution in [-0.4, -0.2) is 23.9 Å². The van der Waals surface area contributed by atoms with Crippen molar-refractivity contribution in [2.24, 2.45) is 0 Å². The van der Waals surface area contributed by atoms with Gasteiger partial charge in [0.15, 0.2) is 11.5 Å². The van der Waals surface area contributed by atoms with E-state index >= 15 is 0 Å². The predicted molar refractivity (Wildman–Crippen MR) is 122 cm³/mol. The third-order valence-corrected chi connectivity index (χ3v) is 5.32. The molecule has 0 saturated carbocycles. The fraction of sp³-hybridized carbons (Fsp3) is 0.120. The Labute approximate surface area is 195 Å². The maximum Gasteiger partial charge on any atom is 0.329 e. The number of rotatable bonds is 7. The van der Waals surface area contributed by atoms with E-state index in [0.29, 0.717) is 23.7 Å². The monoisotopic (exact) mass is 466 g/mol. The van der Waals surface area contributed by atoms with E-state index < -0.39 is 17.8 Å². The van der Waals surface area contributed by atoms with Crippen molar-refractivity contribution in [2.45, 2.75) is 13.2 Å². The van der Waals surface area contributed by atoms with Gasteiger partial charge in [0.05, 0.1) is 18.7 Å². The van der Waals surface area contributed by atoms with Crippen molar-refractivity contribution in [1.82, 2.24) is 10.2 Å². The van der Waals surface area contributed by atoms with Crippen LogP contribution in [0.15, 0.2) is 72.4 Å².